The summed E-state index contributed by atoms with van der Waals surface area (Å²) in [5, 5.41) is 0. The number of hydrogen-bond donors (Lipinski definition) is 0. The minimum absolute atomic E-state index is 0.508. The van der Waals surface area contributed by atoms with Crippen LogP contribution in [-0.2, 0) is 6.42 Å². The van der Waals surface area contributed by atoms with Crippen LogP contribution >= 0.6 is 0 Å². The summed E-state index contributed by atoms with van der Waals surface area (Å²) in [7, 11) is 0. The van der Waals surface area contributed by atoms with Gasteiger partial charge in [0.1, 0.15) is 0 Å². The van der Waals surface area contributed by atoms with E-state index in [1.165, 1.54) is 84.7 Å². The summed E-state index contributed by atoms with van der Waals surface area (Å²) in [5.74, 6) is 0. The van der Waals surface area contributed by atoms with E-state index in [0.717, 1.165) is 6.42 Å². The molecule has 27 heavy (non-hydrogen) atoms. The molecule has 4 rings (SSSR count). The highest BCUT2D eigenvalue weighted by molar-refractivity contribution is 5.81. The highest BCUT2D eigenvalue weighted by atomic mass is 14.3. The molecule has 0 bridgehead atoms. The maximum Gasteiger partial charge on any atom is -0.00574 e. The SMILES string of the molecule is Cc1cc(C)cc(-c2cccc3c2C=C(CC2(C)CCCCCCC2)C3)c1. The first kappa shape index (κ1) is 18.5. The van der Waals surface area contributed by atoms with Crippen molar-refractivity contribution in [1.29, 1.82) is 0 Å². The van der Waals surface area contributed by atoms with Crippen molar-refractivity contribution < 1.29 is 0 Å². The summed E-state index contributed by atoms with van der Waals surface area (Å²) in [4.78, 5) is 0. The summed E-state index contributed by atoms with van der Waals surface area (Å²) < 4.78 is 0. The normalized spacial score (nSPS) is 19.1. The van der Waals surface area contributed by atoms with Crippen molar-refractivity contribution in [2.45, 2.75) is 78.6 Å². The van der Waals surface area contributed by atoms with Gasteiger partial charge in [0.05, 0.1) is 0 Å². The first-order valence-corrected chi connectivity index (χ1v) is 10.9. The second kappa shape index (κ2) is 7.66. The molecule has 1 saturated carbocycles. The number of allylic oxidation sites excluding steroid dienone is 1. The molecule has 0 aliphatic heterocycles. The van der Waals surface area contributed by atoms with Gasteiger partial charge in [0.25, 0.3) is 0 Å². The van der Waals surface area contributed by atoms with Gasteiger partial charge in [-0.1, -0.05) is 98.2 Å². The second-order valence-electron chi connectivity index (χ2n) is 9.49. The van der Waals surface area contributed by atoms with E-state index in [2.05, 4.69) is 63.2 Å². The minimum Gasteiger partial charge on any atom is -0.0646 e. The fourth-order valence-corrected chi connectivity index (χ4v) is 5.42. The van der Waals surface area contributed by atoms with Crippen LogP contribution in [0.25, 0.3) is 17.2 Å². The fraction of sp³-hybridized carbons (Fsp3) is 0.481. The van der Waals surface area contributed by atoms with E-state index in [4.69, 9.17) is 0 Å². The second-order valence-corrected chi connectivity index (χ2v) is 9.49. The van der Waals surface area contributed by atoms with Gasteiger partial charge in [-0.3, -0.25) is 0 Å². The number of aryl methyl sites for hydroxylation is 2. The minimum atomic E-state index is 0.508. The Bertz CT molecular complexity index is 824. The molecular formula is C27H34. The lowest BCUT2D eigenvalue weighted by Gasteiger charge is -2.32. The molecular weight excluding hydrogens is 324 g/mol. The number of fused-ring (bicyclic) bond motifs is 1. The van der Waals surface area contributed by atoms with Crippen molar-refractivity contribution >= 4 is 6.08 Å². The van der Waals surface area contributed by atoms with Crippen LogP contribution in [0.5, 0.6) is 0 Å². The standard InChI is InChI=1S/C27H34/c1-20-14-21(2)16-24(15-20)25-11-9-10-23-17-22(18-26(23)25)19-27(3)12-7-5-4-6-8-13-27/h9-11,14-16,18H,4-8,12-13,17,19H2,1-3H3. The Hall–Kier alpha value is -1.82. The lowest BCUT2D eigenvalue weighted by atomic mass is 9.73. The third-order valence-electron chi connectivity index (χ3n) is 6.71. The van der Waals surface area contributed by atoms with E-state index in [9.17, 15) is 0 Å². The van der Waals surface area contributed by atoms with Gasteiger partial charge in [-0.2, -0.15) is 0 Å². The molecule has 0 aromatic heterocycles. The third kappa shape index (κ3) is 4.21. The monoisotopic (exact) mass is 358 g/mol. The molecule has 0 N–H and O–H groups in total. The Kier molecular flexibility index (Phi) is 5.26. The van der Waals surface area contributed by atoms with Gasteiger partial charge in [0, 0.05) is 0 Å². The zero-order valence-electron chi connectivity index (χ0n) is 17.4. The van der Waals surface area contributed by atoms with E-state index >= 15 is 0 Å². The molecule has 2 aliphatic rings. The van der Waals surface area contributed by atoms with Crippen LogP contribution in [0.2, 0.25) is 0 Å². The third-order valence-corrected chi connectivity index (χ3v) is 6.71. The Morgan fingerprint density at radius 2 is 1.52 bits per heavy atom. The first-order valence-electron chi connectivity index (χ1n) is 10.9. The van der Waals surface area contributed by atoms with Crippen LogP contribution in [0.15, 0.2) is 42.0 Å². The Morgan fingerprint density at radius 3 is 2.22 bits per heavy atom. The van der Waals surface area contributed by atoms with Crippen LogP contribution in [0.1, 0.15) is 80.5 Å². The lowest BCUT2D eigenvalue weighted by molar-refractivity contribution is 0.234. The van der Waals surface area contributed by atoms with Crippen LogP contribution in [-0.4, -0.2) is 0 Å². The van der Waals surface area contributed by atoms with Crippen LogP contribution in [0.3, 0.4) is 0 Å². The van der Waals surface area contributed by atoms with E-state index < -0.39 is 0 Å². The predicted molar refractivity (Wildman–Crippen MR) is 118 cm³/mol. The molecule has 0 nitrogen and oxygen atoms in total. The molecule has 0 unspecified atom stereocenters. The molecule has 2 aromatic rings. The Morgan fingerprint density at radius 1 is 0.852 bits per heavy atom. The summed E-state index contributed by atoms with van der Waals surface area (Å²) in [6, 6.07) is 13.8. The molecule has 0 amide bonds. The molecule has 0 saturated heterocycles. The van der Waals surface area contributed by atoms with Crippen LogP contribution in [0.4, 0.5) is 0 Å². The molecule has 142 valence electrons. The molecule has 0 heteroatoms. The summed E-state index contributed by atoms with van der Waals surface area (Å²) in [6.45, 7) is 6.96. The predicted octanol–water partition coefficient (Wildman–Crippen LogP) is 8.05. The van der Waals surface area contributed by atoms with Crippen LogP contribution in [0, 0.1) is 19.3 Å². The van der Waals surface area contributed by atoms with E-state index in [1.54, 1.807) is 5.57 Å². The molecule has 0 atom stereocenters. The average Bonchev–Trinajstić information content (AvgIpc) is 2.99. The van der Waals surface area contributed by atoms with Gasteiger partial charge in [-0.25, -0.2) is 0 Å². The van der Waals surface area contributed by atoms with Crippen molar-refractivity contribution in [2.75, 3.05) is 0 Å². The van der Waals surface area contributed by atoms with E-state index in [0.29, 0.717) is 5.41 Å². The topological polar surface area (TPSA) is 0 Å². The number of hydrogen-bond acceptors (Lipinski definition) is 0. The summed E-state index contributed by atoms with van der Waals surface area (Å²) in [5.41, 5.74) is 10.7. The largest absolute Gasteiger partial charge is 0.0646 e. The summed E-state index contributed by atoms with van der Waals surface area (Å²) >= 11 is 0. The maximum atomic E-state index is 2.55. The molecule has 0 radical (unpaired) electrons. The van der Waals surface area contributed by atoms with E-state index in [1.807, 2.05) is 0 Å². The highest BCUT2D eigenvalue weighted by Crippen LogP contribution is 2.43. The van der Waals surface area contributed by atoms with Gasteiger partial charge >= 0.3 is 0 Å². The van der Waals surface area contributed by atoms with Gasteiger partial charge in [0.15, 0.2) is 0 Å². The van der Waals surface area contributed by atoms with Crippen molar-refractivity contribution in [3.05, 3.63) is 64.2 Å². The zero-order valence-corrected chi connectivity index (χ0v) is 17.4. The van der Waals surface area contributed by atoms with Gasteiger partial charge in [-0.15, -0.1) is 0 Å². The number of rotatable bonds is 3. The van der Waals surface area contributed by atoms with E-state index in [-0.39, 0.29) is 0 Å². The molecule has 2 aliphatic carbocycles. The van der Waals surface area contributed by atoms with Gasteiger partial charge < -0.3 is 0 Å². The smallest absolute Gasteiger partial charge is 0.00574 e. The molecule has 2 aromatic carbocycles. The quantitative estimate of drug-likeness (QED) is 0.520. The molecule has 0 spiro atoms. The average molecular weight is 359 g/mol. The highest BCUT2D eigenvalue weighted by Gasteiger charge is 2.28. The van der Waals surface area contributed by atoms with Crippen molar-refractivity contribution in [1.82, 2.24) is 0 Å². The Balaban J connectivity index is 1.62. The van der Waals surface area contributed by atoms with Crippen molar-refractivity contribution in [3.63, 3.8) is 0 Å². The lowest BCUT2D eigenvalue weighted by Crippen LogP contribution is -2.18. The number of benzene rings is 2. The molecule has 1 fully saturated rings. The van der Waals surface area contributed by atoms with Crippen molar-refractivity contribution in [3.8, 4) is 11.1 Å². The first-order chi connectivity index (χ1) is 13.0. The maximum absolute atomic E-state index is 2.55. The van der Waals surface area contributed by atoms with Crippen molar-refractivity contribution in [2.24, 2.45) is 5.41 Å². The van der Waals surface area contributed by atoms with Crippen LogP contribution < -0.4 is 0 Å². The summed E-state index contributed by atoms with van der Waals surface area (Å²) in [6.07, 6.45) is 15.0. The Labute approximate surface area is 165 Å². The van der Waals surface area contributed by atoms with Gasteiger partial charge in [-0.05, 0) is 67.2 Å². The van der Waals surface area contributed by atoms with Gasteiger partial charge in [0.2, 0.25) is 0 Å². The molecule has 0 heterocycles. The zero-order chi connectivity index (χ0) is 18.9. The fourth-order valence-electron chi connectivity index (χ4n) is 5.42.